The molecular weight excluding hydrogens is 217 g/mol. The second-order valence-electron chi connectivity index (χ2n) is 3.34. The molecule has 4 heteroatoms. The van der Waals surface area contributed by atoms with Crippen LogP contribution in [0.1, 0.15) is 30.1 Å². The number of halogens is 3. The largest absolute Gasteiger partial charge is 0.416 e. The Morgan fingerprint density at radius 3 is 2.50 bits per heavy atom. The number of aliphatic hydroxyl groups is 1. The van der Waals surface area contributed by atoms with E-state index in [2.05, 4.69) is 5.92 Å². The van der Waals surface area contributed by atoms with Gasteiger partial charge in [-0.2, -0.15) is 13.2 Å². The predicted molar refractivity (Wildman–Crippen MR) is 54.5 cm³/mol. The fourth-order valence-corrected chi connectivity index (χ4v) is 1.42. The quantitative estimate of drug-likeness (QED) is 0.788. The van der Waals surface area contributed by atoms with Crippen molar-refractivity contribution in [3.63, 3.8) is 0 Å². The zero-order chi connectivity index (χ0) is 12.2. The molecule has 0 aliphatic rings. The fourth-order valence-electron chi connectivity index (χ4n) is 1.42. The van der Waals surface area contributed by atoms with E-state index in [1.807, 2.05) is 0 Å². The van der Waals surface area contributed by atoms with Gasteiger partial charge in [0.1, 0.15) is 0 Å². The molecule has 0 fully saturated rings. The molecular formula is C12H11F3O. The van der Waals surface area contributed by atoms with Gasteiger partial charge < -0.3 is 5.11 Å². The van der Waals surface area contributed by atoms with Gasteiger partial charge in [-0.3, -0.25) is 0 Å². The Hall–Kier alpha value is -1.47. The average Bonchev–Trinajstić information content (AvgIpc) is 2.24. The van der Waals surface area contributed by atoms with E-state index >= 15 is 0 Å². The minimum Gasteiger partial charge on any atom is -0.388 e. The number of hydrogen-bond acceptors (Lipinski definition) is 1. The van der Waals surface area contributed by atoms with E-state index in [1.165, 1.54) is 18.2 Å². The van der Waals surface area contributed by atoms with Crippen molar-refractivity contribution in [2.45, 2.75) is 25.1 Å². The SMILES string of the molecule is C#CCCC(O)c1ccccc1C(F)(F)F. The van der Waals surface area contributed by atoms with Gasteiger partial charge in [0, 0.05) is 6.42 Å². The first-order valence-electron chi connectivity index (χ1n) is 4.74. The molecule has 1 aromatic rings. The molecule has 0 heterocycles. The van der Waals surface area contributed by atoms with Crippen LogP contribution in [-0.2, 0) is 6.18 Å². The lowest BCUT2D eigenvalue weighted by molar-refractivity contribution is -0.139. The molecule has 0 aliphatic carbocycles. The van der Waals surface area contributed by atoms with Crippen LogP contribution < -0.4 is 0 Å². The number of alkyl halides is 3. The summed E-state index contributed by atoms with van der Waals surface area (Å²) < 4.78 is 37.7. The normalized spacial score (nSPS) is 13.2. The summed E-state index contributed by atoms with van der Waals surface area (Å²) in [5.41, 5.74) is -0.926. The maximum Gasteiger partial charge on any atom is 0.416 e. The summed E-state index contributed by atoms with van der Waals surface area (Å²) in [6, 6.07) is 4.97. The lowest BCUT2D eigenvalue weighted by Crippen LogP contribution is -2.11. The third-order valence-electron chi connectivity index (χ3n) is 2.19. The second-order valence-corrected chi connectivity index (χ2v) is 3.34. The Morgan fingerprint density at radius 1 is 1.31 bits per heavy atom. The summed E-state index contributed by atoms with van der Waals surface area (Å²) >= 11 is 0. The second kappa shape index (κ2) is 5.04. The van der Waals surface area contributed by atoms with E-state index in [0.717, 1.165) is 6.07 Å². The lowest BCUT2D eigenvalue weighted by Gasteiger charge is -2.16. The van der Waals surface area contributed by atoms with Crippen LogP contribution in [0.15, 0.2) is 24.3 Å². The highest BCUT2D eigenvalue weighted by Gasteiger charge is 2.34. The number of aliphatic hydroxyl groups excluding tert-OH is 1. The molecule has 0 aromatic heterocycles. The maximum absolute atomic E-state index is 12.6. The summed E-state index contributed by atoms with van der Waals surface area (Å²) in [6.45, 7) is 0. The van der Waals surface area contributed by atoms with Crippen LogP contribution in [0, 0.1) is 12.3 Å². The molecule has 1 nitrogen and oxygen atoms in total. The zero-order valence-electron chi connectivity index (χ0n) is 8.46. The highest BCUT2D eigenvalue weighted by Crippen LogP contribution is 2.35. The Labute approximate surface area is 91.9 Å². The Kier molecular flexibility index (Phi) is 3.97. The standard InChI is InChI=1S/C12H11F3O/c1-2-3-8-11(16)9-6-4-5-7-10(9)12(13,14)15/h1,4-7,11,16H,3,8H2. The molecule has 0 saturated heterocycles. The van der Waals surface area contributed by atoms with Crippen molar-refractivity contribution in [2.24, 2.45) is 0 Å². The number of hydrogen-bond donors (Lipinski definition) is 1. The van der Waals surface area contributed by atoms with Gasteiger partial charge in [-0.05, 0) is 18.1 Å². The molecule has 86 valence electrons. The molecule has 1 aromatic carbocycles. The molecule has 0 spiro atoms. The molecule has 1 atom stereocenters. The summed E-state index contributed by atoms with van der Waals surface area (Å²) in [5.74, 6) is 2.29. The molecule has 0 saturated carbocycles. The van der Waals surface area contributed by atoms with Gasteiger partial charge in [0.05, 0.1) is 11.7 Å². The monoisotopic (exact) mass is 228 g/mol. The van der Waals surface area contributed by atoms with Crippen molar-refractivity contribution >= 4 is 0 Å². The molecule has 0 radical (unpaired) electrons. The van der Waals surface area contributed by atoms with Gasteiger partial charge in [-0.1, -0.05) is 18.2 Å². The number of rotatable bonds is 3. The average molecular weight is 228 g/mol. The summed E-state index contributed by atoms with van der Waals surface area (Å²) in [4.78, 5) is 0. The Morgan fingerprint density at radius 2 is 1.94 bits per heavy atom. The maximum atomic E-state index is 12.6. The molecule has 1 N–H and O–H groups in total. The van der Waals surface area contributed by atoms with Gasteiger partial charge in [0.2, 0.25) is 0 Å². The Balaban J connectivity index is 3.00. The van der Waals surface area contributed by atoms with Crippen LogP contribution in [-0.4, -0.2) is 5.11 Å². The number of benzene rings is 1. The van der Waals surface area contributed by atoms with E-state index in [0.29, 0.717) is 0 Å². The van der Waals surface area contributed by atoms with Gasteiger partial charge in [-0.25, -0.2) is 0 Å². The summed E-state index contributed by atoms with van der Waals surface area (Å²) in [5, 5.41) is 9.60. The van der Waals surface area contributed by atoms with E-state index in [-0.39, 0.29) is 18.4 Å². The zero-order valence-corrected chi connectivity index (χ0v) is 8.46. The molecule has 0 bridgehead atoms. The lowest BCUT2D eigenvalue weighted by atomic mass is 9.99. The van der Waals surface area contributed by atoms with Crippen LogP contribution in [0.4, 0.5) is 13.2 Å². The Bertz CT molecular complexity index is 390. The van der Waals surface area contributed by atoms with Crippen LogP contribution in [0.2, 0.25) is 0 Å². The molecule has 0 amide bonds. The third-order valence-corrected chi connectivity index (χ3v) is 2.19. The first-order valence-corrected chi connectivity index (χ1v) is 4.74. The molecule has 16 heavy (non-hydrogen) atoms. The highest BCUT2D eigenvalue weighted by molar-refractivity contribution is 5.31. The van der Waals surface area contributed by atoms with Gasteiger partial charge in [0.15, 0.2) is 0 Å². The minimum absolute atomic E-state index is 0.120. The topological polar surface area (TPSA) is 20.2 Å². The van der Waals surface area contributed by atoms with Gasteiger partial charge in [-0.15, -0.1) is 12.3 Å². The predicted octanol–water partition coefficient (Wildman–Crippen LogP) is 3.15. The minimum atomic E-state index is -4.45. The van der Waals surface area contributed by atoms with Crippen molar-refractivity contribution in [1.82, 2.24) is 0 Å². The van der Waals surface area contributed by atoms with Crippen molar-refractivity contribution in [2.75, 3.05) is 0 Å². The first kappa shape index (κ1) is 12.6. The van der Waals surface area contributed by atoms with Crippen molar-refractivity contribution in [3.05, 3.63) is 35.4 Å². The molecule has 1 unspecified atom stereocenters. The van der Waals surface area contributed by atoms with Gasteiger partial charge >= 0.3 is 6.18 Å². The smallest absolute Gasteiger partial charge is 0.388 e. The van der Waals surface area contributed by atoms with E-state index in [1.54, 1.807) is 0 Å². The summed E-state index contributed by atoms with van der Waals surface area (Å²) in [6.07, 6.45) is -0.256. The van der Waals surface area contributed by atoms with E-state index in [9.17, 15) is 18.3 Å². The summed E-state index contributed by atoms with van der Waals surface area (Å²) in [7, 11) is 0. The molecule has 0 aliphatic heterocycles. The molecule has 1 rings (SSSR count). The number of terminal acetylenes is 1. The van der Waals surface area contributed by atoms with Gasteiger partial charge in [0.25, 0.3) is 0 Å². The van der Waals surface area contributed by atoms with Crippen molar-refractivity contribution in [1.29, 1.82) is 0 Å². The highest BCUT2D eigenvalue weighted by atomic mass is 19.4. The van der Waals surface area contributed by atoms with Crippen molar-refractivity contribution in [3.8, 4) is 12.3 Å². The van der Waals surface area contributed by atoms with Crippen LogP contribution in [0.25, 0.3) is 0 Å². The third kappa shape index (κ3) is 3.01. The van der Waals surface area contributed by atoms with Crippen LogP contribution in [0.5, 0.6) is 0 Å². The first-order chi connectivity index (χ1) is 7.46. The van der Waals surface area contributed by atoms with Crippen molar-refractivity contribution < 1.29 is 18.3 Å². The van der Waals surface area contributed by atoms with Crippen LogP contribution in [0.3, 0.4) is 0 Å². The van der Waals surface area contributed by atoms with E-state index in [4.69, 9.17) is 6.42 Å². The van der Waals surface area contributed by atoms with Crippen LogP contribution >= 0.6 is 0 Å². The van der Waals surface area contributed by atoms with E-state index < -0.39 is 17.8 Å². The fraction of sp³-hybridized carbons (Fsp3) is 0.333.